The number of aromatic amines is 1. The van der Waals surface area contributed by atoms with Crippen LogP contribution in [0.5, 0.6) is 0 Å². The second-order valence-corrected chi connectivity index (χ2v) is 6.33. The lowest BCUT2D eigenvalue weighted by molar-refractivity contribution is -0.122. The molecule has 0 bridgehead atoms. The molecular formula is C18H15ClN4O2. The summed E-state index contributed by atoms with van der Waals surface area (Å²) in [7, 11) is 0. The minimum atomic E-state index is -0.645. The summed E-state index contributed by atoms with van der Waals surface area (Å²) >= 11 is 5.97. The van der Waals surface area contributed by atoms with Crippen LogP contribution in [0.4, 0.5) is 0 Å². The van der Waals surface area contributed by atoms with Gasteiger partial charge >= 0.3 is 0 Å². The first-order valence-corrected chi connectivity index (χ1v) is 8.21. The molecule has 1 atom stereocenters. The standard InChI is InChI=1S/C18H15ClN4O2/c19-11-4-5-12-10(7-11)8-15(21-12)17(24)23-16-9-14-13(22-18(16)25)3-1-2-6-20-14/h1-8,16,20-21H,9H2,(H,22,25)(H,23,24). The zero-order valence-electron chi connectivity index (χ0n) is 13.1. The first-order valence-electron chi connectivity index (χ1n) is 7.83. The molecule has 1 unspecified atom stereocenters. The van der Waals surface area contributed by atoms with E-state index in [0.29, 0.717) is 17.1 Å². The molecule has 7 heteroatoms. The minimum absolute atomic E-state index is 0.236. The van der Waals surface area contributed by atoms with E-state index < -0.39 is 6.04 Å². The number of aromatic nitrogens is 1. The van der Waals surface area contributed by atoms with Crippen molar-refractivity contribution in [3.63, 3.8) is 0 Å². The monoisotopic (exact) mass is 354 g/mol. The maximum Gasteiger partial charge on any atom is 0.268 e. The number of fused-ring (bicyclic) bond motifs is 1. The molecule has 126 valence electrons. The molecule has 25 heavy (non-hydrogen) atoms. The number of carbonyl (C=O) groups excluding carboxylic acids is 2. The number of nitrogens with one attached hydrogen (secondary N) is 4. The molecule has 0 radical (unpaired) electrons. The fourth-order valence-corrected chi connectivity index (χ4v) is 3.10. The Bertz CT molecular complexity index is 971. The first-order chi connectivity index (χ1) is 12.1. The van der Waals surface area contributed by atoms with Gasteiger partial charge in [-0.05, 0) is 36.4 Å². The van der Waals surface area contributed by atoms with E-state index in [9.17, 15) is 9.59 Å². The van der Waals surface area contributed by atoms with Gasteiger partial charge in [-0.25, -0.2) is 0 Å². The predicted molar refractivity (Wildman–Crippen MR) is 95.8 cm³/mol. The van der Waals surface area contributed by atoms with Crippen molar-refractivity contribution in [2.45, 2.75) is 12.5 Å². The Hall–Kier alpha value is -2.99. The zero-order valence-corrected chi connectivity index (χ0v) is 13.9. The van der Waals surface area contributed by atoms with Gasteiger partial charge in [0.15, 0.2) is 0 Å². The SMILES string of the molecule is O=C(NC1CC2=C(C=CC=CN2)NC1=O)c1cc2cc(Cl)ccc2[nH]1. The quantitative estimate of drug-likeness (QED) is 0.667. The molecule has 2 aliphatic rings. The van der Waals surface area contributed by atoms with Crippen LogP contribution in [0.1, 0.15) is 16.9 Å². The number of amides is 2. The summed E-state index contributed by atoms with van der Waals surface area (Å²) in [6, 6.07) is 6.42. The maximum absolute atomic E-state index is 12.5. The molecular weight excluding hydrogens is 340 g/mol. The van der Waals surface area contributed by atoms with E-state index >= 15 is 0 Å². The number of benzene rings is 1. The molecule has 0 spiro atoms. The van der Waals surface area contributed by atoms with Crippen LogP contribution in [-0.4, -0.2) is 22.8 Å². The predicted octanol–water partition coefficient (Wildman–Crippen LogP) is 2.32. The van der Waals surface area contributed by atoms with Crippen molar-refractivity contribution in [2.75, 3.05) is 0 Å². The van der Waals surface area contributed by atoms with Gasteiger partial charge in [0.25, 0.3) is 5.91 Å². The highest BCUT2D eigenvalue weighted by atomic mass is 35.5. The lowest BCUT2D eigenvalue weighted by atomic mass is 10.0. The van der Waals surface area contributed by atoms with Gasteiger partial charge in [-0.15, -0.1) is 0 Å². The van der Waals surface area contributed by atoms with Crippen LogP contribution in [0.25, 0.3) is 10.9 Å². The van der Waals surface area contributed by atoms with E-state index in [4.69, 9.17) is 11.6 Å². The van der Waals surface area contributed by atoms with Gasteiger partial charge < -0.3 is 20.9 Å². The molecule has 2 aromatic rings. The van der Waals surface area contributed by atoms with Crippen molar-refractivity contribution in [1.82, 2.24) is 20.9 Å². The van der Waals surface area contributed by atoms with Crippen molar-refractivity contribution in [3.8, 4) is 0 Å². The largest absolute Gasteiger partial charge is 0.363 e. The number of halogens is 1. The van der Waals surface area contributed by atoms with Crippen LogP contribution in [0.2, 0.25) is 5.02 Å². The Labute approximate surface area is 148 Å². The third-order valence-electron chi connectivity index (χ3n) is 4.17. The Morgan fingerprint density at radius 3 is 3.00 bits per heavy atom. The van der Waals surface area contributed by atoms with E-state index in [2.05, 4.69) is 20.9 Å². The van der Waals surface area contributed by atoms with Crippen molar-refractivity contribution < 1.29 is 9.59 Å². The second-order valence-electron chi connectivity index (χ2n) is 5.89. The van der Waals surface area contributed by atoms with Crippen molar-refractivity contribution >= 4 is 34.3 Å². The van der Waals surface area contributed by atoms with E-state index in [1.165, 1.54) is 0 Å². The molecule has 0 saturated carbocycles. The summed E-state index contributed by atoms with van der Waals surface area (Å²) in [5, 5.41) is 10.2. The summed E-state index contributed by atoms with van der Waals surface area (Å²) in [5.74, 6) is -0.573. The topological polar surface area (TPSA) is 86.0 Å². The Balaban J connectivity index is 1.53. The number of hydrogen-bond acceptors (Lipinski definition) is 3. The van der Waals surface area contributed by atoms with Crippen LogP contribution >= 0.6 is 11.6 Å². The molecule has 1 aromatic heterocycles. The lowest BCUT2D eigenvalue weighted by Gasteiger charge is -2.26. The van der Waals surface area contributed by atoms with E-state index in [1.807, 2.05) is 24.3 Å². The smallest absolute Gasteiger partial charge is 0.268 e. The Morgan fingerprint density at radius 1 is 1.24 bits per heavy atom. The molecule has 2 amide bonds. The molecule has 2 aliphatic heterocycles. The van der Waals surface area contributed by atoms with E-state index in [-0.39, 0.29) is 11.8 Å². The number of H-pyrrole nitrogens is 1. The molecule has 6 nitrogen and oxygen atoms in total. The number of allylic oxidation sites excluding steroid dienone is 3. The third kappa shape index (κ3) is 3.04. The highest BCUT2D eigenvalue weighted by Crippen LogP contribution is 2.21. The van der Waals surface area contributed by atoms with Crippen molar-refractivity contribution in [1.29, 1.82) is 0 Å². The van der Waals surface area contributed by atoms with Crippen molar-refractivity contribution in [3.05, 3.63) is 70.8 Å². The fraction of sp³-hybridized carbons (Fsp3) is 0.111. The summed E-state index contributed by atoms with van der Waals surface area (Å²) in [5.41, 5.74) is 2.78. The molecule has 0 aliphatic carbocycles. The van der Waals surface area contributed by atoms with Gasteiger partial charge in [0.05, 0.1) is 5.70 Å². The summed E-state index contributed by atoms with van der Waals surface area (Å²) in [4.78, 5) is 27.8. The highest BCUT2D eigenvalue weighted by Gasteiger charge is 2.29. The molecule has 4 N–H and O–H groups in total. The highest BCUT2D eigenvalue weighted by molar-refractivity contribution is 6.31. The van der Waals surface area contributed by atoms with Gasteiger partial charge in [-0.3, -0.25) is 9.59 Å². The lowest BCUT2D eigenvalue weighted by Crippen LogP contribution is -2.50. The number of hydrogen-bond donors (Lipinski definition) is 4. The first kappa shape index (κ1) is 15.5. The van der Waals surface area contributed by atoms with Gasteiger partial charge in [0.2, 0.25) is 5.91 Å². The Morgan fingerprint density at radius 2 is 2.12 bits per heavy atom. The van der Waals surface area contributed by atoms with Gasteiger partial charge in [-0.2, -0.15) is 0 Å². The zero-order chi connectivity index (χ0) is 17.4. The maximum atomic E-state index is 12.5. The van der Waals surface area contributed by atoms with Gasteiger partial charge in [0.1, 0.15) is 11.7 Å². The number of rotatable bonds is 2. The average Bonchev–Trinajstić information content (AvgIpc) is 2.88. The van der Waals surface area contributed by atoms with Crippen LogP contribution in [0.3, 0.4) is 0 Å². The number of carbonyl (C=O) groups is 2. The fourth-order valence-electron chi connectivity index (χ4n) is 2.92. The summed E-state index contributed by atoms with van der Waals surface area (Å²) < 4.78 is 0. The molecule has 1 aromatic carbocycles. The van der Waals surface area contributed by atoms with Gasteiger partial charge in [-0.1, -0.05) is 17.7 Å². The molecule has 3 heterocycles. The molecule has 0 fully saturated rings. The normalized spacial score (nSPS) is 19.2. The van der Waals surface area contributed by atoms with Crippen LogP contribution in [0, 0.1) is 0 Å². The summed E-state index contributed by atoms with van der Waals surface area (Å²) in [6.07, 6.45) is 7.69. The molecule has 0 saturated heterocycles. The average molecular weight is 355 g/mol. The third-order valence-corrected chi connectivity index (χ3v) is 4.40. The van der Waals surface area contributed by atoms with Crippen LogP contribution < -0.4 is 16.0 Å². The molecule has 4 rings (SSSR count). The summed E-state index contributed by atoms with van der Waals surface area (Å²) in [6.45, 7) is 0. The minimum Gasteiger partial charge on any atom is -0.363 e. The second kappa shape index (κ2) is 6.14. The van der Waals surface area contributed by atoms with Crippen LogP contribution in [0.15, 0.2) is 60.1 Å². The van der Waals surface area contributed by atoms with E-state index in [1.54, 1.807) is 24.4 Å². The Kier molecular flexibility index (Phi) is 3.82. The van der Waals surface area contributed by atoms with Crippen molar-refractivity contribution in [2.24, 2.45) is 0 Å². The van der Waals surface area contributed by atoms with Crippen LogP contribution in [-0.2, 0) is 4.79 Å². The van der Waals surface area contributed by atoms with E-state index in [0.717, 1.165) is 22.3 Å². The van der Waals surface area contributed by atoms with Gasteiger partial charge in [0, 0.05) is 34.2 Å².